The zero-order valence-electron chi connectivity index (χ0n) is 9.52. The average Bonchev–Trinajstić information content (AvgIpc) is 2.30. The number of nitrogens with one attached hydrogen (secondary N) is 2. The van der Waals surface area contributed by atoms with Gasteiger partial charge in [0.15, 0.2) is 0 Å². The summed E-state index contributed by atoms with van der Waals surface area (Å²) in [6.45, 7) is 3.99. The van der Waals surface area contributed by atoms with Gasteiger partial charge < -0.3 is 19.7 Å². The monoisotopic (exact) mass is 274 g/mol. The summed E-state index contributed by atoms with van der Waals surface area (Å²) in [5, 5.41) is 21.9. The normalized spacial score (nSPS) is 9.75. The van der Waals surface area contributed by atoms with Gasteiger partial charge in [0.1, 0.15) is 0 Å². The Morgan fingerprint density at radius 1 is 0.750 bits per heavy atom. The first kappa shape index (κ1) is 19.0. The van der Waals surface area contributed by atoms with E-state index in [0.29, 0.717) is 33.0 Å². The summed E-state index contributed by atoms with van der Waals surface area (Å²) in [6.07, 6.45) is 0. The summed E-state index contributed by atoms with van der Waals surface area (Å²) in [5.74, 6) is 0. The molecule has 2 unspecified atom stereocenters. The molecule has 0 rings (SSSR count). The fourth-order valence-corrected chi connectivity index (χ4v) is 0.829. The highest BCUT2D eigenvalue weighted by molar-refractivity contribution is 7.13. The van der Waals surface area contributed by atoms with Crippen LogP contribution < -0.4 is 10.2 Å². The Bertz CT molecular complexity index is 104. The molecule has 0 bridgehead atoms. The topological polar surface area (TPSA) is 83.0 Å². The zero-order chi connectivity index (χ0) is 12.5. The van der Waals surface area contributed by atoms with Crippen LogP contribution in [0.15, 0.2) is 0 Å². The van der Waals surface area contributed by atoms with Crippen molar-refractivity contribution in [2.24, 2.45) is 0 Å². The highest BCUT2D eigenvalue weighted by Crippen LogP contribution is 1.78. The molecule has 0 aliphatic heterocycles. The van der Waals surface area contributed by atoms with Crippen LogP contribution in [0, 0.1) is 0 Å². The van der Waals surface area contributed by atoms with Crippen molar-refractivity contribution in [2.45, 2.75) is 0 Å². The number of aliphatic hydroxyl groups is 2. The van der Waals surface area contributed by atoms with E-state index in [9.17, 15) is 0 Å². The quantitative estimate of drug-likeness (QED) is 0.294. The molecule has 0 aromatic carbocycles. The van der Waals surface area contributed by atoms with Crippen molar-refractivity contribution >= 4 is 18.8 Å². The first-order chi connectivity index (χ1) is 7.83. The maximum atomic E-state index is 8.33. The zero-order valence-corrected chi connectivity index (χ0v) is 11.8. The van der Waals surface area contributed by atoms with Crippen molar-refractivity contribution in [2.75, 3.05) is 52.7 Å². The van der Waals surface area contributed by atoms with E-state index in [2.05, 4.69) is 29.0 Å². The van der Waals surface area contributed by atoms with Crippen LogP contribution in [0.2, 0.25) is 0 Å². The van der Waals surface area contributed by atoms with E-state index < -0.39 is 0 Å². The predicted molar refractivity (Wildman–Crippen MR) is 71.2 cm³/mol. The van der Waals surface area contributed by atoms with Crippen LogP contribution in [0.3, 0.4) is 0 Å². The standard InChI is InChI=1S/C6H16NO3P.C2H8NOP/c8-2-4-10-6-5-9-3-1-7-11;4-2-1-3-5/h7-8H,1-6,11H2;3-4H,1-2,5H2. The lowest BCUT2D eigenvalue weighted by Crippen LogP contribution is -2.13. The van der Waals surface area contributed by atoms with Crippen LogP contribution in [-0.4, -0.2) is 62.9 Å². The van der Waals surface area contributed by atoms with Crippen molar-refractivity contribution in [1.82, 2.24) is 10.2 Å². The van der Waals surface area contributed by atoms with E-state index in [1.165, 1.54) is 0 Å². The number of rotatable bonds is 10. The minimum absolute atomic E-state index is 0.0765. The minimum Gasteiger partial charge on any atom is -0.395 e. The van der Waals surface area contributed by atoms with Gasteiger partial charge in [-0.3, -0.25) is 10.2 Å². The summed E-state index contributed by atoms with van der Waals surface area (Å²) >= 11 is 0. The van der Waals surface area contributed by atoms with Crippen molar-refractivity contribution in [3.8, 4) is 0 Å². The maximum absolute atomic E-state index is 8.33. The molecular formula is C8H24N2O4P2. The number of hydrogen-bond acceptors (Lipinski definition) is 6. The van der Waals surface area contributed by atoms with Crippen molar-refractivity contribution in [3.05, 3.63) is 0 Å². The van der Waals surface area contributed by atoms with Gasteiger partial charge in [0.2, 0.25) is 0 Å². The molecule has 8 heteroatoms. The molecule has 0 aliphatic rings. The number of hydrogen-bond donors (Lipinski definition) is 4. The smallest absolute Gasteiger partial charge is 0.0701 e. The van der Waals surface area contributed by atoms with Gasteiger partial charge >= 0.3 is 0 Å². The first-order valence-electron chi connectivity index (χ1n) is 5.07. The summed E-state index contributed by atoms with van der Waals surface area (Å²) < 4.78 is 10.1. The van der Waals surface area contributed by atoms with Crippen molar-refractivity contribution in [3.63, 3.8) is 0 Å². The lowest BCUT2D eigenvalue weighted by molar-refractivity contribution is 0.0349. The van der Waals surface area contributed by atoms with E-state index >= 15 is 0 Å². The molecule has 0 aliphatic carbocycles. The Morgan fingerprint density at radius 3 is 1.69 bits per heavy atom. The fourth-order valence-electron chi connectivity index (χ4n) is 0.582. The van der Waals surface area contributed by atoms with Crippen molar-refractivity contribution in [1.29, 1.82) is 0 Å². The Morgan fingerprint density at radius 2 is 1.31 bits per heavy atom. The largest absolute Gasteiger partial charge is 0.395 e. The van der Waals surface area contributed by atoms with Crippen LogP contribution in [-0.2, 0) is 9.47 Å². The molecule has 0 radical (unpaired) electrons. The summed E-state index contributed by atoms with van der Waals surface area (Å²) in [6, 6.07) is 0. The van der Waals surface area contributed by atoms with Crippen LogP contribution in [0.4, 0.5) is 0 Å². The Labute approximate surface area is 102 Å². The van der Waals surface area contributed by atoms with Crippen LogP contribution >= 0.6 is 18.8 Å². The lowest BCUT2D eigenvalue weighted by atomic mass is 10.7. The van der Waals surface area contributed by atoms with E-state index in [1.54, 1.807) is 0 Å². The molecule has 0 aromatic heterocycles. The molecule has 0 aromatic rings. The molecule has 0 saturated carbocycles. The molecule has 0 fully saturated rings. The summed E-state index contributed by atoms with van der Waals surface area (Å²) in [4.78, 5) is 0. The Balaban J connectivity index is 0. The van der Waals surface area contributed by atoms with Crippen LogP contribution in [0.25, 0.3) is 0 Å². The highest BCUT2D eigenvalue weighted by atomic mass is 31.0. The fraction of sp³-hybridized carbons (Fsp3) is 1.00. The van der Waals surface area contributed by atoms with Crippen molar-refractivity contribution < 1.29 is 19.7 Å². The molecule has 16 heavy (non-hydrogen) atoms. The van der Waals surface area contributed by atoms with Gasteiger partial charge in [-0.05, 0) is 0 Å². The van der Waals surface area contributed by atoms with Gasteiger partial charge in [-0.2, -0.15) is 0 Å². The molecule has 100 valence electrons. The summed E-state index contributed by atoms with van der Waals surface area (Å²) in [7, 11) is 4.69. The van der Waals surface area contributed by atoms with Crippen LogP contribution in [0.5, 0.6) is 0 Å². The lowest BCUT2D eigenvalue weighted by Gasteiger charge is -2.03. The van der Waals surface area contributed by atoms with E-state index in [-0.39, 0.29) is 13.2 Å². The third-order valence-corrected chi connectivity index (χ3v) is 1.83. The van der Waals surface area contributed by atoms with Crippen LogP contribution in [0.1, 0.15) is 0 Å². The van der Waals surface area contributed by atoms with Gasteiger partial charge in [0, 0.05) is 13.1 Å². The molecule has 6 nitrogen and oxygen atoms in total. The molecule has 0 saturated heterocycles. The van der Waals surface area contributed by atoms with Gasteiger partial charge in [-0.1, -0.05) is 18.8 Å². The molecule has 0 heterocycles. The van der Waals surface area contributed by atoms with E-state index in [0.717, 1.165) is 6.54 Å². The van der Waals surface area contributed by atoms with Gasteiger partial charge in [-0.25, -0.2) is 0 Å². The van der Waals surface area contributed by atoms with Gasteiger partial charge in [0.05, 0.1) is 39.6 Å². The molecule has 4 N–H and O–H groups in total. The van der Waals surface area contributed by atoms with E-state index in [4.69, 9.17) is 19.7 Å². The molecular weight excluding hydrogens is 250 g/mol. The third kappa shape index (κ3) is 24.0. The first-order valence-corrected chi connectivity index (χ1v) is 6.23. The number of aliphatic hydroxyl groups excluding tert-OH is 2. The molecule has 2 atom stereocenters. The SMILES string of the molecule is OCCNP.OCCOCCOCCNP. The van der Waals surface area contributed by atoms with E-state index in [1.807, 2.05) is 0 Å². The van der Waals surface area contributed by atoms with Gasteiger partial charge in [0.25, 0.3) is 0 Å². The number of ether oxygens (including phenoxy) is 2. The molecule has 0 amide bonds. The average molecular weight is 274 g/mol. The minimum atomic E-state index is 0.0765. The Hall–Kier alpha value is 0.620. The summed E-state index contributed by atoms with van der Waals surface area (Å²) in [5.41, 5.74) is 0. The predicted octanol–water partition coefficient (Wildman–Crippen LogP) is -1.25. The second-order valence-corrected chi connectivity index (χ2v) is 3.40. The molecule has 0 spiro atoms. The second-order valence-electron chi connectivity index (χ2n) is 2.58. The maximum Gasteiger partial charge on any atom is 0.0701 e. The Kier molecular flexibility index (Phi) is 24.9. The third-order valence-electron chi connectivity index (χ3n) is 1.25. The second kappa shape index (κ2) is 21.0. The van der Waals surface area contributed by atoms with Gasteiger partial charge in [-0.15, -0.1) is 0 Å². The highest BCUT2D eigenvalue weighted by Gasteiger charge is 1.87.